The first-order valence-electron chi connectivity index (χ1n) is 7.43. The van der Waals surface area contributed by atoms with Gasteiger partial charge in [0.25, 0.3) is 0 Å². The lowest BCUT2D eigenvalue weighted by molar-refractivity contribution is 0.684. The number of aryl methyl sites for hydroxylation is 1. The Labute approximate surface area is 134 Å². The number of benzene rings is 1. The van der Waals surface area contributed by atoms with Crippen LogP contribution < -0.4 is 5.43 Å². The number of fused-ring (bicyclic) bond motifs is 1. The average Bonchev–Trinajstić information content (AvgIpc) is 3.12. The van der Waals surface area contributed by atoms with Gasteiger partial charge in [-0.2, -0.15) is 5.10 Å². The fraction of sp³-hybridized carbons (Fsp3) is 0.294. The number of para-hydroxylation sites is 2. The van der Waals surface area contributed by atoms with Gasteiger partial charge in [0.1, 0.15) is 0 Å². The van der Waals surface area contributed by atoms with E-state index < -0.39 is 0 Å². The van der Waals surface area contributed by atoms with Crippen molar-refractivity contribution in [2.24, 2.45) is 18.1 Å². The molecule has 0 saturated carbocycles. The lowest BCUT2D eigenvalue weighted by Gasteiger charge is -2.08. The second-order valence-corrected chi connectivity index (χ2v) is 6.68. The molecule has 3 rings (SSSR count). The predicted molar refractivity (Wildman–Crippen MR) is 94.6 cm³/mol. The highest BCUT2D eigenvalue weighted by molar-refractivity contribution is 7.12. The molecule has 0 saturated heterocycles. The Kier molecular flexibility index (Phi) is 4.24. The van der Waals surface area contributed by atoms with Gasteiger partial charge >= 0.3 is 0 Å². The van der Waals surface area contributed by atoms with E-state index in [0.29, 0.717) is 5.92 Å². The fourth-order valence-corrected chi connectivity index (χ4v) is 3.12. The van der Waals surface area contributed by atoms with Crippen LogP contribution in [0.2, 0.25) is 0 Å². The highest BCUT2D eigenvalue weighted by atomic mass is 32.1. The van der Waals surface area contributed by atoms with Gasteiger partial charge in [0.2, 0.25) is 5.95 Å². The number of anilines is 1. The van der Waals surface area contributed by atoms with Gasteiger partial charge < -0.3 is 4.57 Å². The second kappa shape index (κ2) is 6.32. The van der Waals surface area contributed by atoms with E-state index in [4.69, 9.17) is 0 Å². The molecule has 2 aromatic heterocycles. The number of hydrogen-bond donors (Lipinski definition) is 1. The van der Waals surface area contributed by atoms with Gasteiger partial charge in [0.05, 0.1) is 21.6 Å². The van der Waals surface area contributed by atoms with Crippen LogP contribution in [0.15, 0.2) is 46.9 Å². The normalized spacial score (nSPS) is 12.3. The van der Waals surface area contributed by atoms with Crippen molar-refractivity contribution in [3.8, 4) is 0 Å². The van der Waals surface area contributed by atoms with Crippen LogP contribution in [-0.4, -0.2) is 15.3 Å². The van der Waals surface area contributed by atoms with Crippen molar-refractivity contribution in [1.29, 1.82) is 0 Å². The number of hydrazone groups is 1. The molecule has 114 valence electrons. The topological polar surface area (TPSA) is 42.2 Å². The highest BCUT2D eigenvalue weighted by Crippen LogP contribution is 2.19. The molecule has 0 bridgehead atoms. The van der Waals surface area contributed by atoms with Gasteiger partial charge in [0.15, 0.2) is 0 Å². The third kappa shape index (κ3) is 3.04. The summed E-state index contributed by atoms with van der Waals surface area (Å²) in [5.41, 5.74) is 6.30. The van der Waals surface area contributed by atoms with Crippen molar-refractivity contribution in [3.05, 3.63) is 46.7 Å². The van der Waals surface area contributed by atoms with Crippen LogP contribution in [0.25, 0.3) is 11.0 Å². The van der Waals surface area contributed by atoms with Gasteiger partial charge in [-0.25, -0.2) is 10.4 Å². The Morgan fingerprint density at radius 2 is 2.09 bits per heavy atom. The van der Waals surface area contributed by atoms with E-state index in [2.05, 4.69) is 52.9 Å². The molecule has 0 aliphatic heterocycles. The standard InChI is InChI=1S/C17H20N4S/c1-12(2)11-14(16-9-6-10-22-16)19-20-17-18-13-7-4-5-8-15(13)21(17)3/h4-10,12H,11H2,1-3H3,(H,18,20)/b19-14-. The molecule has 0 aliphatic carbocycles. The molecule has 5 heteroatoms. The Bertz CT molecular complexity index is 784. The van der Waals surface area contributed by atoms with E-state index in [1.165, 1.54) is 4.88 Å². The minimum atomic E-state index is 0.558. The largest absolute Gasteiger partial charge is 0.312 e. The maximum atomic E-state index is 4.63. The SMILES string of the molecule is CC(C)C/C(=N/Nc1nc2ccccc2n1C)c1cccs1. The number of nitrogens with zero attached hydrogens (tertiary/aromatic N) is 3. The van der Waals surface area contributed by atoms with E-state index in [9.17, 15) is 0 Å². The molecule has 1 aromatic carbocycles. The van der Waals surface area contributed by atoms with E-state index in [-0.39, 0.29) is 0 Å². The van der Waals surface area contributed by atoms with Gasteiger partial charge in [-0.05, 0) is 35.9 Å². The zero-order chi connectivity index (χ0) is 15.5. The average molecular weight is 312 g/mol. The van der Waals surface area contributed by atoms with Crippen molar-refractivity contribution < 1.29 is 0 Å². The molecule has 0 fully saturated rings. The first-order valence-corrected chi connectivity index (χ1v) is 8.31. The number of hydrogen-bond acceptors (Lipinski definition) is 4. The summed E-state index contributed by atoms with van der Waals surface area (Å²) in [6.07, 6.45) is 0.942. The van der Waals surface area contributed by atoms with Crippen molar-refractivity contribution in [3.63, 3.8) is 0 Å². The zero-order valence-corrected chi connectivity index (χ0v) is 13.9. The van der Waals surface area contributed by atoms with Crippen molar-refractivity contribution in [2.75, 3.05) is 5.43 Å². The van der Waals surface area contributed by atoms with Crippen LogP contribution in [0.4, 0.5) is 5.95 Å². The molecule has 22 heavy (non-hydrogen) atoms. The number of aromatic nitrogens is 2. The van der Waals surface area contributed by atoms with E-state index >= 15 is 0 Å². The second-order valence-electron chi connectivity index (χ2n) is 5.73. The first-order chi connectivity index (χ1) is 10.6. The summed E-state index contributed by atoms with van der Waals surface area (Å²) in [6, 6.07) is 12.3. The summed E-state index contributed by atoms with van der Waals surface area (Å²) < 4.78 is 2.03. The Balaban J connectivity index is 1.90. The van der Waals surface area contributed by atoms with Crippen molar-refractivity contribution in [1.82, 2.24) is 9.55 Å². The summed E-state index contributed by atoms with van der Waals surface area (Å²) in [5, 5.41) is 6.71. The lowest BCUT2D eigenvalue weighted by Crippen LogP contribution is -2.08. The van der Waals surface area contributed by atoms with E-state index in [0.717, 1.165) is 29.1 Å². The molecule has 0 amide bonds. The fourth-order valence-electron chi connectivity index (χ4n) is 2.39. The van der Waals surface area contributed by atoms with Crippen LogP contribution in [-0.2, 0) is 7.05 Å². The summed E-state index contributed by atoms with van der Waals surface area (Å²) in [4.78, 5) is 5.80. The van der Waals surface area contributed by atoms with Gasteiger partial charge in [-0.15, -0.1) is 11.3 Å². The molecule has 4 nitrogen and oxygen atoms in total. The molecule has 1 N–H and O–H groups in total. The van der Waals surface area contributed by atoms with Crippen LogP contribution in [0.5, 0.6) is 0 Å². The molecule has 0 atom stereocenters. The van der Waals surface area contributed by atoms with Gasteiger partial charge in [-0.1, -0.05) is 32.0 Å². The number of thiophene rings is 1. The zero-order valence-electron chi connectivity index (χ0n) is 13.1. The van der Waals surface area contributed by atoms with Crippen molar-refractivity contribution >= 4 is 34.0 Å². The number of imidazole rings is 1. The number of rotatable bonds is 5. The maximum absolute atomic E-state index is 4.63. The summed E-state index contributed by atoms with van der Waals surface area (Å²) in [5.74, 6) is 1.32. The lowest BCUT2D eigenvalue weighted by atomic mass is 10.1. The molecular weight excluding hydrogens is 292 g/mol. The summed E-state index contributed by atoms with van der Waals surface area (Å²) in [7, 11) is 2.00. The van der Waals surface area contributed by atoms with Crippen LogP contribution in [0.1, 0.15) is 25.1 Å². The third-order valence-electron chi connectivity index (χ3n) is 3.49. The van der Waals surface area contributed by atoms with Crippen LogP contribution in [0, 0.1) is 5.92 Å². The van der Waals surface area contributed by atoms with E-state index in [1.54, 1.807) is 11.3 Å². The van der Waals surface area contributed by atoms with Crippen molar-refractivity contribution in [2.45, 2.75) is 20.3 Å². The summed E-state index contributed by atoms with van der Waals surface area (Å²) >= 11 is 1.72. The molecule has 0 unspecified atom stereocenters. The predicted octanol–water partition coefficient (Wildman–Crippen LogP) is 4.50. The summed E-state index contributed by atoms with van der Waals surface area (Å²) in [6.45, 7) is 4.41. The Hall–Kier alpha value is -2.14. The van der Waals surface area contributed by atoms with Gasteiger partial charge in [-0.3, -0.25) is 0 Å². The molecular formula is C17H20N4S. The van der Waals surface area contributed by atoms with E-state index in [1.807, 2.05) is 29.8 Å². The minimum Gasteiger partial charge on any atom is -0.312 e. The number of nitrogens with one attached hydrogen (secondary N) is 1. The monoisotopic (exact) mass is 312 g/mol. The third-order valence-corrected chi connectivity index (χ3v) is 4.40. The quantitative estimate of drug-likeness (QED) is 0.557. The Morgan fingerprint density at radius 3 is 2.77 bits per heavy atom. The first kappa shape index (κ1) is 14.8. The molecule has 0 spiro atoms. The van der Waals surface area contributed by atoms with Crippen LogP contribution in [0.3, 0.4) is 0 Å². The van der Waals surface area contributed by atoms with Crippen LogP contribution >= 0.6 is 11.3 Å². The molecule has 3 aromatic rings. The minimum absolute atomic E-state index is 0.558. The van der Waals surface area contributed by atoms with Gasteiger partial charge in [0, 0.05) is 7.05 Å². The molecule has 0 aliphatic rings. The smallest absolute Gasteiger partial charge is 0.224 e. The molecule has 2 heterocycles. The Morgan fingerprint density at radius 1 is 1.27 bits per heavy atom. The molecule has 0 radical (unpaired) electrons. The maximum Gasteiger partial charge on any atom is 0.224 e. The highest BCUT2D eigenvalue weighted by Gasteiger charge is 2.10.